The minimum atomic E-state index is -0.997. The molecule has 0 radical (unpaired) electrons. The summed E-state index contributed by atoms with van der Waals surface area (Å²) in [7, 11) is 0. The minimum absolute atomic E-state index is 0.187. The largest absolute Gasteiger partial charge is 0.478 e. The molecule has 0 amide bonds. The van der Waals surface area contributed by atoms with Crippen LogP contribution in [0, 0.1) is 5.82 Å². The van der Waals surface area contributed by atoms with Gasteiger partial charge in [-0.15, -0.1) is 0 Å². The Morgan fingerprint density at radius 1 is 0.903 bits per heavy atom. The van der Waals surface area contributed by atoms with E-state index < -0.39 is 11.8 Å². The number of nitrogens with one attached hydrogen (secondary N) is 1. The molecule has 31 heavy (non-hydrogen) atoms. The molecule has 0 saturated carbocycles. The lowest BCUT2D eigenvalue weighted by Gasteiger charge is -2.09. The standard InChI is InChI=1S/C23H14FN5O2/c24-18-12-26-9-7-16(18)17-10-19-22(28-20(17)15-2-1-8-25-11-15)29-21(27-19)13-3-5-14(6-4-13)23(30)31/h1-12H,(H,30,31)(H,27,28,29). The predicted molar refractivity (Wildman–Crippen MR) is 113 cm³/mol. The number of hydrogen-bond acceptors (Lipinski definition) is 5. The van der Waals surface area contributed by atoms with Gasteiger partial charge in [0.15, 0.2) is 5.65 Å². The number of imidazole rings is 1. The first-order valence-corrected chi connectivity index (χ1v) is 9.35. The zero-order chi connectivity index (χ0) is 21.4. The number of rotatable bonds is 4. The molecular formula is C23H14FN5O2. The third-order valence-corrected chi connectivity index (χ3v) is 4.88. The van der Waals surface area contributed by atoms with Crippen molar-refractivity contribution in [3.8, 4) is 33.8 Å². The van der Waals surface area contributed by atoms with Crippen molar-refractivity contribution < 1.29 is 14.3 Å². The molecule has 4 heterocycles. The highest BCUT2D eigenvalue weighted by atomic mass is 19.1. The molecule has 4 aromatic heterocycles. The molecule has 7 nitrogen and oxygen atoms in total. The van der Waals surface area contributed by atoms with E-state index in [-0.39, 0.29) is 5.56 Å². The van der Waals surface area contributed by atoms with Crippen LogP contribution in [0.4, 0.5) is 4.39 Å². The fraction of sp³-hybridized carbons (Fsp3) is 0. The van der Waals surface area contributed by atoms with Gasteiger partial charge in [0.25, 0.3) is 0 Å². The Labute approximate surface area is 175 Å². The molecule has 0 bridgehead atoms. The summed E-state index contributed by atoms with van der Waals surface area (Å²) < 4.78 is 14.6. The number of benzene rings is 1. The molecule has 0 spiro atoms. The third-order valence-electron chi connectivity index (χ3n) is 4.88. The Kier molecular flexibility index (Phi) is 4.44. The third kappa shape index (κ3) is 3.40. The van der Waals surface area contributed by atoms with Gasteiger partial charge in [-0.25, -0.2) is 19.2 Å². The van der Waals surface area contributed by atoms with Crippen LogP contribution in [-0.4, -0.2) is 36.0 Å². The summed E-state index contributed by atoms with van der Waals surface area (Å²) in [5.41, 5.74) is 4.19. The first kappa shape index (κ1) is 18.6. The Morgan fingerprint density at radius 2 is 1.71 bits per heavy atom. The summed E-state index contributed by atoms with van der Waals surface area (Å²) in [5, 5.41) is 9.09. The average Bonchev–Trinajstić information content (AvgIpc) is 3.22. The molecule has 0 aliphatic carbocycles. The summed E-state index contributed by atoms with van der Waals surface area (Å²) in [6.07, 6.45) is 6.00. The van der Waals surface area contributed by atoms with E-state index in [0.717, 1.165) is 11.8 Å². The Bertz CT molecular complexity index is 1420. The zero-order valence-corrected chi connectivity index (χ0v) is 16.0. The Morgan fingerprint density at radius 3 is 2.42 bits per heavy atom. The Balaban J connectivity index is 1.70. The second-order valence-electron chi connectivity index (χ2n) is 6.82. The number of carbonyl (C=O) groups is 1. The monoisotopic (exact) mass is 411 g/mol. The number of fused-ring (bicyclic) bond motifs is 1. The van der Waals surface area contributed by atoms with Crippen LogP contribution in [0.25, 0.3) is 44.9 Å². The van der Waals surface area contributed by atoms with Crippen LogP contribution >= 0.6 is 0 Å². The second kappa shape index (κ2) is 7.42. The lowest BCUT2D eigenvalue weighted by molar-refractivity contribution is 0.0697. The highest BCUT2D eigenvalue weighted by molar-refractivity contribution is 5.90. The molecule has 0 aliphatic heterocycles. The summed E-state index contributed by atoms with van der Waals surface area (Å²) >= 11 is 0. The minimum Gasteiger partial charge on any atom is -0.478 e. The Hall–Kier alpha value is -4.46. The molecule has 0 fully saturated rings. The van der Waals surface area contributed by atoms with Crippen LogP contribution in [0.3, 0.4) is 0 Å². The molecule has 0 saturated heterocycles. The number of aromatic amines is 1. The maximum absolute atomic E-state index is 14.6. The van der Waals surface area contributed by atoms with Crippen molar-refractivity contribution >= 4 is 17.1 Å². The van der Waals surface area contributed by atoms with Crippen molar-refractivity contribution in [3.05, 3.63) is 84.7 Å². The SMILES string of the molecule is O=C(O)c1ccc(-c2nc3nc(-c4cccnc4)c(-c4ccncc4F)cc3[nH]2)cc1. The van der Waals surface area contributed by atoms with E-state index in [9.17, 15) is 9.18 Å². The van der Waals surface area contributed by atoms with Gasteiger partial charge in [-0.2, -0.15) is 0 Å². The average molecular weight is 411 g/mol. The number of pyridine rings is 3. The maximum atomic E-state index is 14.6. The van der Waals surface area contributed by atoms with Gasteiger partial charge >= 0.3 is 5.97 Å². The number of aromatic nitrogens is 5. The van der Waals surface area contributed by atoms with Gasteiger partial charge in [0.05, 0.1) is 23.0 Å². The quantitative estimate of drug-likeness (QED) is 0.448. The van der Waals surface area contributed by atoms with Gasteiger partial charge in [0.1, 0.15) is 11.6 Å². The number of carboxylic acids is 1. The first-order valence-electron chi connectivity index (χ1n) is 9.35. The molecule has 0 aliphatic rings. The van der Waals surface area contributed by atoms with Gasteiger partial charge in [-0.1, -0.05) is 12.1 Å². The van der Waals surface area contributed by atoms with E-state index in [1.807, 2.05) is 6.07 Å². The number of H-pyrrole nitrogens is 1. The number of carboxylic acid groups (broad SMARTS) is 1. The van der Waals surface area contributed by atoms with Crippen molar-refractivity contribution in [3.63, 3.8) is 0 Å². The van der Waals surface area contributed by atoms with Gasteiger partial charge in [0.2, 0.25) is 0 Å². The lowest BCUT2D eigenvalue weighted by atomic mass is 10.0. The van der Waals surface area contributed by atoms with Crippen LogP contribution in [0.5, 0.6) is 0 Å². The summed E-state index contributed by atoms with van der Waals surface area (Å²) in [6, 6.07) is 13.4. The summed E-state index contributed by atoms with van der Waals surface area (Å²) in [5.74, 6) is -0.926. The van der Waals surface area contributed by atoms with Crippen molar-refractivity contribution in [1.82, 2.24) is 24.9 Å². The highest BCUT2D eigenvalue weighted by Gasteiger charge is 2.17. The number of nitrogens with zero attached hydrogens (tertiary/aromatic N) is 4. The van der Waals surface area contributed by atoms with Gasteiger partial charge in [-0.05, 0) is 36.4 Å². The normalized spacial score (nSPS) is 11.0. The molecule has 8 heteroatoms. The van der Waals surface area contributed by atoms with E-state index in [2.05, 4.69) is 19.9 Å². The molecule has 0 unspecified atom stereocenters. The highest BCUT2D eigenvalue weighted by Crippen LogP contribution is 2.34. The van der Waals surface area contributed by atoms with Crippen molar-refractivity contribution in [2.45, 2.75) is 0 Å². The second-order valence-corrected chi connectivity index (χ2v) is 6.82. The van der Waals surface area contributed by atoms with Gasteiger partial charge < -0.3 is 10.1 Å². The van der Waals surface area contributed by atoms with Gasteiger partial charge in [-0.3, -0.25) is 9.97 Å². The van der Waals surface area contributed by atoms with Crippen LogP contribution in [0.15, 0.2) is 73.3 Å². The van der Waals surface area contributed by atoms with Crippen molar-refractivity contribution in [1.29, 1.82) is 0 Å². The smallest absolute Gasteiger partial charge is 0.335 e. The molecule has 2 N–H and O–H groups in total. The molecule has 1 aromatic carbocycles. The molecule has 5 aromatic rings. The van der Waals surface area contributed by atoms with Gasteiger partial charge in [0, 0.05) is 40.8 Å². The number of hydrogen-bond donors (Lipinski definition) is 2. The first-order chi connectivity index (χ1) is 15.1. The molecule has 5 rings (SSSR count). The van der Waals surface area contributed by atoms with Crippen molar-refractivity contribution in [2.75, 3.05) is 0 Å². The fourth-order valence-electron chi connectivity index (χ4n) is 3.37. The van der Waals surface area contributed by atoms with Crippen LogP contribution in [0.1, 0.15) is 10.4 Å². The molecule has 0 atom stereocenters. The van der Waals surface area contributed by atoms with Crippen LogP contribution < -0.4 is 0 Å². The molecule has 150 valence electrons. The lowest BCUT2D eigenvalue weighted by Crippen LogP contribution is -1.95. The van der Waals surface area contributed by atoms with Crippen molar-refractivity contribution in [2.24, 2.45) is 0 Å². The predicted octanol–water partition coefficient (Wildman–Crippen LogP) is 4.59. The maximum Gasteiger partial charge on any atom is 0.335 e. The van der Waals surface area contributed by atoms with E-state index in [1.165, 1.54) is 18.3 Å². The van der Waals surface area contributed by atoms with Crippen LogP contribution in [0.2, 0.25) is 0 Å². The zero-order valence-electron chi connectivity index (χ0n) is 16.0. The van der Waals surface area contributed by atoms with E-state index >= 15 is 0 Å². The fourth-order valence-corrected chi connectivity index (χ4v) is 3.37. The van der Waals surface area contributed by atoms with E-state index in [4.69, 9.17) is 10.1 Å². The summed E-state index contributed by atoms with van der Waals surface area (Å²) in [6.45, 7) is 0. The number of aromatic carboxylic acids is 1. The van der Waals surface area contributed by atoms with Crippen LogP contribution in [-0.2, 0) is 0 Å². The topological polar surface area (TPSA) is 105 Å². The number of halogens is 1. The summed E-state index contributed by atoms with van der Waals surface area (Å²) in [4.78, 5) is 31.5. The molecular weight excluding hydrogens is 397 g/mol. The van der Waals surface area contributed by atoms with E-state index in [1.54, 1.807) is 42.7 Å². The van der Waals surface area contributed by atoms with E-state index in [0.29, 0.717) is 39.4 Å².